The molecule has 0 fully saturated rings. The number of carbonyl (C=O) groups is 1. The summed E-state index contributed by atoms with van der Waals surface area (Å²) in [5, 5.41) is 12.3. The molecule has 1 heterocycles. The lowest BCUT2D eigenvalue weighted by molar-refractivity contribution is -0.111. The number of fused-ring (bicyclic) bond motifs is 1. The van der Waals surface area contributed by atoms with Gasteiger partial charge in [0.25, 0.3) is 0 Å². The fraction of sp³-hybridized carbons (Fsp3) is 0.129. The van der Waals surface area contributed by atoms with Crippen molar-refractivity contribution in [1.29, 1.82) is 0 Å². The van der Waals surface area contributed by atoms with E-state index in [9.17, 15) is 9.90 Å². The van der Waals surface area contributed by atoms with E-state index in [0.29, 0.717) is 16.7 Å². The minimum atomic E-state index is -0.145. The molecule has 0 atom stereocenters. The second-order valence-corrected chi connectivity index (χ2v) is 9.05. The summed E-state index contributed by atoms with van der Waals surface area (Å²) >= 11 is 0. The molecular formula is C31H27NO2. The van der Waals surface area contributed by atoms with Gasteiger partial charge >= 0.3 is 0 Å². The van der Waals surface area contributed by atoms with Crippen molar-refractivity contribution in [1.82, 2.24) is 4.57 Å². The van der Waals surface area contributed by atoms with Gasteiger partial charge in [0.1, 0.15) is 5.76 Å². The fourth-order valence-corrected chi connectivity index (χ4v) is 5.01. The maximum Gasteiger partial charge on any atom is 0.201 e. The van der Waals surface area contributed by atoms with Crippen LogP contribution in [0.1, 0.15) is 34.9 Å². The van der Waals surface area contributed by atoms with E-state index in [1.54, 1.807) is 0 Å². The van der Waals surface area contributed by atoms with E-state index in [2.05, 4.69) is 48.4 Å². The second-order valence-electron chi connectivity index (χ2n) is 9.05. The first-order valence-corrected chi connectivity index (χ1v) is 11.4. The summed E-state index contributed by atoms with van der Waals surface area (Å²) in [6.07, 6.45) is 0. The van der Waals surface area contributed by atoms with Crippen LogP contribution < -0.4 is 0 Å². The molecule has 3 heteroatoms. The Kier molecular flexibility index (Phi) is 5.13. The number of nitrogens with zero attached hydrogens (tertiary/aromatic N) is 1. The fourth-order valence-electron chi connectivity index (χ4n) is 5.01. The average molecular weight is 446 g/mol. The number of hydrogen-bond donors (Lipinski definition) is 1. The molecule has 168 valence electrons. The molecule has 0 spiro atoms. The minimum Gasteiger partial charge on any atom is -0.506 e. The SMILES string of the molecule is C=C(C)/C(=C1/C(=O)C(c2c(C)n(-c3ccc(C)cc3)c3ccccc23)=C1O)c1ccccc1C. The highest BCUT2D eigenvalue weighted by atomic mass is 16.3. The molecule has 1 aromatic heterocycles. The van der Waals surface area contributed by atoms with Crippen LogP contribution in [-0.4, -0.2) is 15.5 Å². The zero-order chi connectivity index (χ0) is 24.1. The Labute approximate surface area is 200 Å². The number of allylic oxidation sites excluding steroid dienone is 4. The molecule has 0 amide bonds. The number of benzene rings is 3. The zero-order valence-corrected chi connectivity index (χ0v) is 19.9. The van der Waals surface area contributed by atoms with E-state index >= 15 is 0 Å². The maximum absolute atomic E-state index is 13.7. The molecule has 1 N–H and O–H groups in total. The largest absolute Gasteiger partial charge is 0.506 e. The maximum atomic E-state index is 13.7. The van der Waals surface area contributed by atoms with Gasteiger partial charge in [0, 0.05) is 22.3 Å². The van der Waals surface area contributed by atoms with Crippen molar-refractivity contribution >= 4 is 27.8 Å². The average Bonchev–Trinajstić information content (AvgIpc) is 3.10. The third-order valence-electron chi connectivity index (χ3n) is 6.67. The van der Waals surface area contributed by atoms with Crippen LogP contribution in [-0.2, 0) is 4.79 Å². The number of ketones is 1. The quantitative estimate of drug-likeness (QED) is 0.332. The number of aliphatic hydroxyl groups is 1. The monoisotopic (exact) mass is 445 g/mol. The van der Waals surface area contributed by atoms with Crippen molar-refractivity contribution in [2.24, 2.45) is 0 Å². The highest BCUT2D eigenvalue weighted by Gasteiger charge is 2.40. The molecule has 1 aliphatic rings. The Balaban J connectivity index is 1.78. The molecule has 0 unspecified atom stereocenters. The molecular weight excluding hydrogens is 418 g/mol. The molecule has 1 aliphatic carbocycles. The summed E-state index contributed by atoms with van der Waals surface area (Å²) in [7, 11) is 0. The van der Waals surface area contributed by atoms with Gasteiger partial charge in [0.15, 0.2) is 0 Å². The van der Waals surface area contributed by atoms with Crippen LogP contribution in [0.5, 0.6) is 0 Å². The van der Waals surface area contributed by atoms with Crippen molar-refractivity contribution in [2.75, 3.05) is 0 Å². The smallest absolute Gasteiger partial charge is 0.201 e. The molecule has 4 aromatic rings. The van der Waals surface area contributed by atoms with Gasteiger partial charge < -0.3 is 9.67 Å². The van der Waals surface area contributed by atoms with Gasteiger partial charge in [-0.05, 0) is 68.2 Å². The Hall–Kier alpha value is -4.11. The molecule has 0 saturated heterocycles. The van der Waals surface area contributed by atoms with E-state index in [4.69, 9.17) is 0 Å². The highest BCUT2D eigenvalue weighted by Crippen LogP contribution is 2.46. The number of aryl methyl sites for hydroxylation is 2. The van der Waals surface area contributed by atoms with Crippen molar-refractivity contribution in [2.45, 2.75) is 27.7 Å². The van der Waals surface area contributed by atoms with Crippen LogP contribution in [0.15, 0.2) is 96.3 Å². The lowest BCUT2D eigenvalue weighted by Gasteiger charge is -2.26. The standard InChI is InChI=1S/C31H27NO2/c1-18(2)26(23-11-7-6-10-20(23)4)28-30(33)29(31(28)34)27-21(5)32(22-16-14-19(3)15-17-22)25-13-9-8-12-24(25)27/h6-17,33H,1H2,2-5H3/b28-26-. The van der Waals surface area contributed by atoms with Crippen LogP contribution in [0.25, 0.3) is 27.7 Å². The molecule has 0 bridgehead atoms. The second kappa shape index (κ2) is 8.03. The van der Waals surface area contributed by atoms with E-state index < -0.39 is 0 Å². The molecule has 5 rings (SSSR count). The van der Waals surface area contributed by atoms with Gasteiger partial charge in [0.05, 0.1) is 16.7 Å². The van der Waals surface area contributed by atoms with Crippen LogP contribution >= 0.6 is 0 Å². The van der Waals surface area contributed by atoms with Crippen molar-refractivity contribution in [3.05, 3.63) is 124 Å². The molecule has 3 aromatic carbocycles. The Morgan fingerprint density at radius 2 is 1.53 bits per heavy atom. The third-order valence-corrected chi connectivity index (χ3v) is 6.67. The third kappa shape index (κ3) is 3.16. The number of carbonyl (C=O) groups excluding carboxylic acids is 1. The number of hydrogen-bond acceptors (Lipinski definition) is 2. The topological polar surface area (TPSA) is 42.2 Å². The van der Waals surface area contributed by atoms with Gasteiger partial charge in [-0.25, -0.2) is 0 Å². The summed E-state index contributed by atoms with van der Waals surface area (Å²) in [6.45, 7) is 12.1. The summed E-state index contributed by atoms with van der Waals surface area (Å²) in [6, 6.07) is 24.2. The lowest BCUT2D eigenvalue weighted by Crippen LogP contribution is -2.23. The Morgan fingerprint density at radius 3 is 2.18 bits per heavy atom. The van der Waals surface area contributed by atoms with Crippen LogP contribution in [0, 0.1) is 20.8 Å². The van der Waals surface area contributed by atoms with Crippen LogP contribution in [0.2, 0.25) is 0 Å². The van der Waals surface area contributed by atoms with E-state index in [1.807, 2.05) is 63.2 Å². The van der Waals surface area contributed by atoms with Crippen molar-refractivity contribution < 1.29 is 9.90 Å². The van der Waals surface area contributed by atoms with E-state index in [0.717, 1.165) is 44.5 Å². The van der Waals surface area contributed by atoms with Crippen molar-refractivity contribution in [3.8, 4) is 5.69 Å². The lowest BCUT2D eigenvalue weighted by atomic mass is 9.76. The number of aromatic nitrogens is 1. The molecule has 34 heavy (non-hydrogen) atoms. The summed E-state index contributed by atoms with van der Waals surface area (Å²) in [5.41, 5.74) is 9.07. The molecule has 0 saturated carbocycles. The predicted molar refractivity (Wildman–Crippen MR) is 140 cm³/mol. The molecule has 3 nitrogen and oxygen atoms in total. The van der Waals surface area contributed by atoms with Gasteiger partial charge in [-0.15, -0.1) is 0 Å². The summed E-state index contributed by atoms with van der Waals surface area (Å²) < 4.78 is 2.15. The van der Waals surface area contributed by atoms with Gasteiger partial charge in [-0.3, -0.25) is 4.79 Å². The summed E-state index contributed by atoms with van der Waals surface area (Å²) in [4.78, 5) is 13.7. The minimum absolute atomic E-state index is 0.0427. The van der Waals surface area contributed by atoms with E-state index in [1.165, 1.54) is 5.56 Å². The number of rotatable bonds is 4. The normalized spacial score (nSPS) is 15.0. The Bertz CT molecular complexity index is 1560. The van der Waals surface area contributed by atoms with Crippen LogP contribution in [0.4, 0.5) is 0 Å². The first-order chi connectivity index (χ1) is 16.3. The molecule has 0 radical (unpaired) electrons. The first-order valence-electron chi connectivity index (χ1n) is 11.4. The van der Waals surface area contributed by atoms with Gasteiger partial charge in [-0.2, -0.15) is 0 Å². The van der Waals surface area contributed by atoms with Gasteiger partial charge in [-0.1, -0.05) is 66.7 Å². The first kappa shape index (κ1) is 21.7. The van der Waals surface area contributed by atoms with Gasteiger partial charge in [0.2, 0.25) is 5.78 Å². The number of Topliss-reactive ketones (excluding diaryl/α,β-unsaturated/α-hetero) is 1. The molecule has 0 aliphatic heterocycles. The number of aliphatic hydroxyl groups excluding tert-OH is 1. The van der Waals surface area contributed by atoms with E-state index in [-0.39, 0.29) is 11.5 Å². The Morgan fingerprint density at radius 1 is 0.882 bits per heavy atom. The highest BCUT2D eigenvalue weighted by molar-refractivity contribution is 6.43. The van der Waals surface area contributed by atoms with Crippen LogP contribution in [0.3, 0.4) is 0 Å². The predicted octanol–water partition coefficient (Wildman–Crippen LogP) is 7.44. The van der Waals surface area contributed by atoms with Crippen molar-refractivity contribution in [3.63, 3.8) is 0 Å². The zero-order valence-electron chi connectivity index (χ0n) is 19.9. The number of para-hydroxylation sites is 1. The summed E-state index contributed by atoms with van der Waals surface area (Å²) in [5.74, 6) is -0.102.